The van der Waals surface area contributed by atoms with Crippen molar-refractivity contribution in [1.82, 2.24) is 5.32 Å². The molecule has 1 aromatic carbocycles. The standard InChI is InChI=1S/C25H32FNO6S/c1-2-32-25-21(7-10-30-12-13-31-11-9-28)22(19-8-14-34-17-19)15-23(33-25)24(29)27-16-18-3-5-20(26)6-4-18/h3-6,8,14-15,17,21-22,25,28H,2,7,9-13,16H2,1H3,(H,27,29). The van der Waals surface area contributed by atoms with Gasteiger partial charge in [-0.25, -0.2) is 4.39 Å². The van der Waals surface area contributed by atoms with Crippen molar-refractivity contribution in [2.24, 2.45) is 5.92 Å². The van der Waals surface area contributed by atoms with Crippen LogP contribution in [-0.4, -0.2) is 56.9 Å². The lowest BCUT2D eigenvalue weighted by molar-refractivity contribution is -0.168. The molecule has 0 aliphatic carbocycles. The number of aliphatic hydroxyl groups is 1. The quantitative estimate of drug-likeness (QED) is 0.391. The van der Waals surface area contributed by atoms with Gasteiger partial charge in [-0.15, -0.1) is 0 Å². The van der Waals surface area contributed by atoms with Crippen LogP contribution in [0.2, 0.25) is 0 Å². The van der Waals surface area contributed by atoms with E-state index < -0.39 is 6.29 Å². The molecule has 0 radical (unpaired) electrons. The van der Waals surface area contributed by atoms with Gasteiger partial charge in [0.2, 0.25) is 6.29 Å². The maximum Gasteiger partial charge on any atom is 0.286 e. The smallest absolute Gasteiger partial charge is 0.286 e. The zero-order valence-corrected chi connectivity index (χ0v) is 20.1. The fourth-order valence-corrected chi connectivity index (χ4v) is 4.47. The number of carbonyl (C=O) groups excluding carboxylic acids is 1. The van der Waals surface area contributed by atoms with Gasteiger partial charge in [-0.2, -0.15) is 11.3 Å². The third-order valence-electron chi connectivity index (χ3n) is 5.44. The lowest BCUT2D eigenvalue weighted by Crippen LogP contribution is -2.39. The molecule has 3 unspecified atom stereocenters. The summed E-state index contributed by atoms with van der Waals surface area (Å²) in [5.74, 6) is -0.561. The number of benzene rings is 1. The van der Waals surface area contributed by atoms with Crippen LogP contribution < -0.4 is 5.32 Å². The molecule has 1 aliphatic heterocycles. The molecule has 3 rings (SSSR count). The molecule has 2 aromatic rings. The van der Waals surface area contributed by atoms with E-state index in [1.54, 1.807) is 23.5 Å². The Morgan fingerprint density at radius 1 is 1.15 bits per heavy atom. The van der Waals surface area contributed by atoms with Crippen LogP contribution in [-0.2, 0) is 30.3 Å². The number of thiophene rings is 1. The molecule has 0 spiro atoms. The van der Waals surface area contributed by atoms with Crippen LogP contribution in [0.5, 0.6) is 0 Å². The zero-order chi connectivity index (χ0) is 24.2. The molecule has 1 aromatic heterocycles. The molecule has 7 nitrogen and oxygen atoms in total. The molecular weight excluding hydrogens is 461 g/mol. The van der Waals surface area contributed by atoms with E-state index in [0.717, 1.165) is 11.1 Å². The van der Waals surface area contributed by atoms with Gasteiger partial charge >= 0.3 is 0 Å². The maximum atomic E-state index is 13.1. The maximum absolute atomic E-state index is 13.1. The minimum atomic E-state index is -0.597. The first-order valence-corrected chi connectivity index (χ1v) is 12.4. The van der Waals surface area contributed by atoms with Crippen molar-refractivity contribution in [1.29, 1.82) is 0 Å². The van der Waals surface area contributed by atoms with E-state index in [9.17, 15) is 9.18 Å². The lowest BCUT2D eigenvalue weighted by Gasteiger charge is -2.36. The van der Waals surface area contributed by atoms with Crippen molar-refractivity contribution in [2.45, 2.75) is 32.1 Å². The molecular formula is C25H32FNO6S. The zero-order valence-electron chi connectivity index (χ0n) is 19.3. The SMILES string of the molecule is CCOC1OC(C(=O)NCc2ccc(F)cc2)=CC(c2ccsc2)C1CCOCCOCCO. The Bertz CT molecular complexity index is 889. The number of nitrogens with one attached hydrogen (secondary N) is 1. The predicted octanol–water partition coefficient (Wildman–Crippen LogP) is 3.60. The molecule has 1 amide bonds. The van der Waals surface area contributed by atoms with Crippen LogP contribution in [0.3, 0.4) is 0 Å². The van der Waals surface area contributed by atoms with Gasteiger partial charge in [-0.3, -0.25) is 4.79 Å². The second kappa shape index (κ2) is 14.2. The van der Waals surface area contributed by atoms with E-state index in [-0.39, 0.29) is 42.5 Å². The Kier molecular flexibility index (Phi) is 11.0. The highest BCUT2D eigenvalue weighted by Gasteiger charge is 2.38. The molecule has 9 heteroatoms. The summed E-state index contributed by atoms with van der Waals surface area (Å²) in [6.07, 6.45) is 1.93. The first-order chi connectivity index (χ1) is 16.6. The van der Waals surface area contributed by atoms with E-state index in [1.807, 2.05) is 24.4 Å². The first kappa shape index (κ1) is 26.3. The number of halogens is 1. The second-order valence-corrected chi connectivity index (χ2v) is 8.55. The van der Waals surface area contributed by atoms with Crippen LogP contribution in [0.4, 0.5) is 4.39 Å². The highest BCUT2D eigenvalue weighted by molar-refractivity contribution is 7.08. The number of aliphatic hydroxyl groups excluding tert-OH is 1. The molecule has 0 bridgehead atoms. The second-order valence-electron chi connectivity index (χ2n) is 7.76. The Balaban J connectivity index is 1.67. The Morgan fingerprint density at radius 3 is 2.59 bits per heavy atom. The van der Waals surface area contributed by atoms with Crippen molar-refractivity contribution in [3.8, 4) is 0 Å². The topological polar surface area (TPSA) is 86.3 Å². The monoisotopic (exact) mass is 493 g/mol. The molecule has 3 atom stereocenters. The van der Waals surface area contributed by atoms with Crippen LogP contribution in [0.1, 0.15) is 30.4 Å². The van der Waals surface area contributed by atoms with Gasteiger partial charge in [0.1, 0.15) is 5.82 Å². The van der Waals surface area contributed by atoms with E-state index in [4.69, 9.17) is 24.1 Å². The van der Waals surface area contributed by atoms with Gasteiger partial charge in [0.15, 0.2) is 5.76 Å². The third-order valence-corrected chi connectivity index (χ3v) is 6.14. The Labute approximate surface area is 203 Å². The van der Waals surface area contributed by atoms with Gasteiger partial charge in [-0.1, -0.05) is 12.1 Å². The fourth-order valence-electron chi connectivity index (χ4n) is 3.76. The molecule has 34 heavy (non-hydrogen) atoms. The molecule has 1 aliphatic rings. The molecule has 2 heterocycles. The number of allylic oxidation sites excluding steroid dienone is 1. The van der Waals surface area contributed by atoms with Crippen molar-refractivity contribution in [3.63, 3.8) is 0 Å². The summed E-state index contributed by atoms with van der Waals surface area (Å²) in [5.41, 5.74) is 1.89. The van der Waals surface area contributed by atoms with Crippen molar-refractivity contribution >= 4 is 17.2 Å². The highest BCUT2D eigenvalue weighted by Crippen LogP contribution is 2.39. The van der Waals surface area contributed by atoms with Gasteiger partial charge in [0.25, 0.3) is 5.91 Å². The van der Waals surface area contributed by atoms with E-state index in [1.165, 1.54) is 12.1 Å². The largest absolute Gasteiger partial charge is 0.459 e. The first-order valence-electron chi connectivity index (χ1n) is 11.4. The summed E-state index contributed by atoms with van der Waals surface area (Å²) in [4.78, 5) is 12.9. The summed E-state index contributed by atoms with van der Waals surface area (Å²) >= 11 is 1.60. The number of amides is 1. The lowest BCUT2D eigenvalue weighted by atomic mass is 9.82. The minimum absolute atomic E-state index is 0.0100. The van der Waals surface area contributed by atoms with E-state index >= 15 is 0 Å². The van der Waals surface area contributed by atoms with Gasteiger partial charge < -0.3 is 29.4 Å². The highest BCUT2D eigenvalue weighted by atomic mass is 32.1. The summed E-state index contributed by atoms with van der Waals surface area (Å²) < 4.78 is 36.0. The molecule has 186 valence electrons. The molecule has 0 saturated heterocycles. The fraction of sp³-hybridized carbons (Fsp3) is 0.480. The average molecular weight is 494 g/mol. The predicted molar refractivity (Wildman–Crippen MR) is 127 cm³/mol. The Morgan fingerprint density at radius 2 is 1.91 bits per heavy atom. The van der Waals surface area contributed by atoms with Crippen LogP contribution in [0.15, 0.2) is 52.9 Å². The summed E-state index contributed by atoms with van der Waals surface area (Å²) in [6.45, 7) is 4.22. The summed E-state index contributed by atoms with van der Waals surface area (Å²) in [5, 5.41) is 15.7. The van der Waals surface area contributed by atoms with Gasteiger partial charge in [0, 0.05) is 31.6 Å². The van der Waals surface area contributed by atoms with Crippen molar-refractivity contribution < 1.29 is 33.2 Å². The molecule has 0 fully saturated rings. The average Bonchev–Trinajstić information content (AvgIpc) is 3.38. The Hall–Kier alpha value is -2.30. The van der Waals surface area contributed by atoms with Gasteiger partial charge in [0.05, 0.1) is 26.4 Å². The van der Waals surface area contributed by atoms with Crippen LogP contribution >= 0.6 is 11.3 Å². The minimum Gasteiger partial charge on any atom is -0.459 e. The van der Waals surface area contributed by atoms with E-state index in [0.29, 0.717) is 39.5 Å². The number of ether oxygens (including phenoxy) is 4. The number of hydrogen-bond donors (Lipinski definition) is 2. The molecule has 2 N–H and O–H groups in total. The number of carbonyl (C=O) groups is 1. The summed E-state index contributed by atoms with van der Waals surface area (Å²) in [6, 6.07) is 8.04. The van der Waals surface area contributed by atoms with Crippen molar-refractivity contribution in [3.05, 3.63) is 69.9 Å². The summed E-state index contributed by atoms with van der Waals surface area (Å²) in [7, 11) is 0. The van der Waals surface area contributed by atoms with Crippen molar-refractivity contribution in [2.75, 3.05) is 39.6 Å². The third kappa shape index (κ3) is 7.89. The number of rotatable bonds is 14. The van der Waals surface area contributed by atoms with Crippen LogP contribution in [0.25, 0.3) is 0 Å². The normalized spacial score (nSPS) is 20.0. The van der Waals surface area contributed by atoms with E-state index in [2.05, 4.69) is 10.7 Å². The van der Waals surface area contributed by atoms with Crippen LogP contribution in [0, 0.1) is 11.7 Å². The molecule has 0 saturated carbocycles. The van der Waals surface area contributed by atoms with Gasteiger partial charge in [-0.05, 0) is 59.5 Å². The number of hydrogen-bond acceptors (Lipinski definition) is 7.